The van der Waals surface area contributed by atoms with Crippen molar-refractivity contribution in [2.75, 3.05) is 18.1 Å². The van der Waals surface area contributed by atoms with Crippen LogP contribution in [0.3, 0.4) is 0 Å². The molecule has 35 heavy (non-hydrogen) atoms. The Bertz CT molecular complexity index is 1480. The van der Waals surface area contributed by atoms with Gasteiger partial charge < -0.3 is 15.5 Å². The second-order valence-corrected chi connectivity index (χ2v) is 10.6. The Morgan fingerprint density at radius 2 is 1.77 bits per heavy atom. The number of aryl methyl sites for hydroxylation is 1. The van der Waals surface area contributed by atoms with E-state index in [-0.39, 0.29) is 27.3 Å². The summed E-state index contributed by atoms with van der Waals surface area (Å²) < 4.78 is 60.3. The zero-order valence-electron chi connectivity index (χ0n) is 18.6. The number of nitrogens with two attached hydrogens (primary N) is 1. The molecule has 0 fully saturated rings. The van der Waals surface area contributed by atoms with Gasteiger partial charge in [-0.2, -0.15) is 4.31 Å². The number of aromatic nitrogens is 1. The molecule has 0 spiro atoms. The summed E-state index contributed by atoms with van der Waals surface area (Å²) in [6, 6.07) is 12.5. The largest absolute Gasteiger partial charge is 0.465 e. The number of anilines is 3. The summed E-state index contributed by atoms with van der Waals surface area (Å²) in [4.78, 5) is 16.6. The number of carbonyl (C=O) groups excluding carboxylic acids is 1. The third kappa shape index (κ3) is 5.09. The van der Waals surface area contributed by atoms with Crippen LogP contribution in [0.1, 0.15) is 26.8 Å². The van der Waals surface area contributed by atoms with Gasteiger partial charge in [0.15, 0.2) is 5.13 Å². The van der Waals surface area contributed by atoms with Crippen LogP contribution in [0.25, 0.3) is 0 Å². The predicted molar refractivity (Wildman–Crippen MR) is 128 cm³/mol. The average Bonchev–Trinajstić information content (AvgIpc) is 3.38. The number of halogens is 2. The van der Waals surface area contributed by atoms with Crippen molar-refractivity contribution in [3.8, 4) is 0 Å². The molecule has 182 valence electrons. The summed E-state index contributed by atoms with van der Waals surface area (Å²) in [6.07, 6.45) is 0. The van der Waals surface area contributed by atoms with Crippen LogP contribution in [0, 0.1) is 18.6 Å². The lowest BCUT2D eigenvalue weighted by atomic mass is 10.1. The van der Waals surface area contributed by atoms with E-state index in [2.05, 4.69) is 10.3 Å². The summed E-state index contributed by atoms with van der Waals surface area (Å²) in [7, 11) is -2.32. The number of rotatable bonds is 8. The first-order valence-corrected chi connectivity index (χ1v) is 12.5. The molecule has 0 saturated heterocycles. The average molecular weight is 519 g/mol. The molecule has 0 saturated carbocycles. The van der Waals surface area contributed by atoms with Crippen LogP contribution in [0.15, 0.2) is 63.9 Å². The van der Waals surface area contributed by atoms with Crippen molar-refractivity contribution in [1.82, 2.24) is 9.29 Å². The number of carbonyl (C=O) groups is 1. The molecule has 8 nitrogen and oxygen atoms in total. The molecule has 4 aromatic rings. The van der Waals surface area contributed by atoms with Gasteiger partial charge in [0.2, 0.25) is 15.8 Å². The number of nitrogens with zero attached hydrogens (tertiary/aromatic N) is 2. The van der Waals surface area contributed by atoms with Gasteiger partial charge in [0.25, 0.3) is 0 Å². The van der Waals surface area contributed by atoms with E-state index in [4.69, 9.17) is 10.2 Å². The molecule has 0 aliphatic rings. The molecule has 0 radical (unpaired) electrons. The lowest BCUT2D eigenvalue weighted by Crippen LogP contribution is -2.26. The number of nitrogens with one attached hydrogen (secondary N) is 1. The quantitative estimate of drug-likeness (QED) is 0.325. The number of sulfonamides is 1. The third-order valence-electron chi connectivity index (χ3n) is 5.04. The van der Waals surface area contributed by atoms with Crippen molar-refractivity contribution in [3.63, 3.8) is 0 Å². The standard InChI is InChI=1S/C23H20F2N4O4S2/c1-13-6-9-15(33-13)12-29(2)35(31,32)16-10-7-14(8-11-16)27-23-28-22(26)21(34-23)20(30)19-17(24)4-3-5-18(19)25/h3-11H,12,26H2,1-2H3,(H,27,28). The maximum Gasteiger partial charge on any atom is 0.243 e. The monoisotopic (exact) mass is 518 g/mol. The molecule has 0 aliphatic heterocycles. The van der Waals surface area contributed by atoms with Crippen LogP contribution in [-0.2, 0) is 16.6 Å². The van der Waals surface area contributed by atoms with E-state index >= 15 is 0 Å². The second-order valence-electron chi connectivity index (χ2n) is 7.58. The van der Waals surface area contributed by atoms with Gasteiger partial charge in [0.1, 0.15) is 33.8 Å². The van der Waals surface area contributed by atoms with Crippen molar-refractivity contribution < 1.29 is 26.4 Å². The molecular weight excluding hydrogens is 498 g/mol. The van der Waals surface area contributed by atoms with Crippen molar-refractivity contribution in [2.24, 2.45) is 0 Å². The van der Waals surface area contributed by atoms with Gasteiger partial charge in [-0.15, -0.1) is 0 Å². The summed E-state index contributed by atoms with van der Waals surface area (Å²) in [5.41, 5.74) is 5.57. The fourth-order valence-electron chi connectivity index (χ4n) is 3.26. The minimum Gasteiger partial charge on any atom is -0.465 e. The third-order valence-corrected chi connectivity index (χ3v) is 7.84. The molecule has 2 aromatic carbocycles. The van der Waals surface area contributed by atoms with Gasteiger partial charge in [-0.05, 0) is 55.5 Å². The molecule has 2 aromatic heterocycles. The van der Waals surface area contributed by atoms with Gasteiger partial charge in [-0.1, -0.05) is 17.4 Å². The maximum atomic E-state index is 14.0. The van der Waals surface area contributed by atoms with E-state index in [1.807, 2.05) is 0 Å². The van der Waals surface area contributed by atoms with E-state index in [1.54, 1.807) is 19.1 Å². The Morgan fingerprint density at radius 1 is 1.11 bits per heavy atom. The first-order chi connectivity index (χ1) is 16.6. The molecule has 0 atom stereocenters. The second kappa shape index (κ2) is 9.56. The summed E-state index contributed by atoms with van der Waals surface area (Å²) in [5, 5.41) is 3.11. The number of benzene rings is 2. The molecule has 0 unspecified atom stereocenters. The Morgan fingerprint density at radius 3 is 2.37 bits per heavy atom. The van der Waals surface area contributed by atoms with Crippen molar-refractivity contribution >= 4 is 43.8 Å². The van der Waals surface area contributed by atoms with Crippen LogP contribution in [0.4, 0.5) is 25.4 Å². The van der Waals surface area contributed by atoms with Gasteiger partial charge in [0, 0.05) is 12.7 Å². The first kappa shape index (κ1) is 24.5. The number of nitrogen functional groups attached to an aromatic ring is 1. The minimum atomic E-state index is -3.77. The van der Waals surface area contributed by atoms with E-state index in [0.29, 0.717) is 17.2 Å². The van der Waals surface area contributed by atoms with Crippen molar-refractivity contribution in [3.05, 3.63) is 88.2 Å². The van der Waals surface area contributed by atoms with E-state index < -0.39 is 33.0 Å². The number of thiazole rings is 1. The van der Waals surface area contributed by atoms with Crippen LogP contribution in [0.2, 0.25) is 0 Å². The molecule has 2 heterocycles. The van der Waals surface area contributed by atoms with Gasteiger partial charge in [-0.3, -0.25) is 4.79 Å². The zero-order valence-corrected chi connectivity index (χ0v) is 20.2. The molecule has 12 heteroatoms. The predicted octanol–water partition coefficient (Wildman–Crippen LogP) is 4.70. The molecule has 0 bridgehead atoms. The fraction of sp³-hybridized carbons (Fsp3) is 0.130. The van der Waals surface area contributed by atoms with E-state index in [0.717, 1.165) is 29.5 Å². The SMILES string of the molecule is Cc1ccc(CN(C)S(=O)(=O)c2ccc(Nc3nc(N)c(C(=O)c4c(F)cccc4F)s3)cc2)o1. The van der Waals surface area contributed by atoms with Crippen LogP contribution in [-0.4, -0.2) is 30.5 Å². The molecule has 4 rings (SSSR count). The van der Waals surface area contributed by atoms with Gasteiger partial charge >= 0.3 is 0 Å². The highest BCUT2D eigenvalue weighted by Crippen LogP contribution is 2.31. The van der Waals surface area contributed by atoms with Crippen LogP contribution >= 0.6 is 11.3 Å². The number of ketones is 1. The summed E-state index contributed by atoms with van der Waals surface area (Å²) in [5.74, 6) is -1.89. The van der Waals surface area contributed by atoms with E-state index in [1.165, 1.54) is 35.6 Å². The lowest BCUT2D eigenvalue weighted by Gasteiger charge is -2.16. The highest BCUT2D eigenvalue weighted by atomic mass is 32.2. The lowest BCUT2D eigenvalue weighted by molar-refractivity contribution is 0.103. The highest BCUT2D eigenvalue weighted by Gasteiger charge is 2.25. The minimum absolute atomic E-state index is 0.0679. The maximum absolute atomic E-state index is 14.0. The highest BCUT2D eigenvalue weighted by molar-refractivity contribution is 7.89. The zero-order chi connectivity index (χ0) is 25.3. The number of furan rings is 1. The molecule has 3 N–H and O–H groups in total. The topological polar surface area (TPSA) is 119 Å². The normalized spacial score (nSPS) is 11.7. The van der Waals surface area contributed by atoms with E-state index in [9.17, 15) is 22.0 Å². The van der Waals surface area contributed by atoms with Gasteiger partial charge in [-0.25, -0.2) is 22.2 Å². The first-order valence-electron chi connectivity index (χ1n) is 10.2. The van der Waals surface area contributed by atoms with Crippen LogP contribution in [0.5, 0.6) is 0 Å². The number of hydrogen-bond acceptors (Lipinski definition) is 8. The Balaban J connectivity index is 1.50. The summed E-state index contributed by atoms with van der Waals surface area (Å²) in [6.45, 7) is 1.85. The van der Waals surface area contributed by atoms with Crippen LogP contribution < -0.4 is 11.1 Å². The fourth-order valence-corrected chi connectivity index (χ4v) is 5.25. The Hall–Kier alpha value is -3.61. The summed E-state index contributed by atoms with van der Waals surface area (Å²) >= 11 is 0.826. The molecule has 0 amide bonds. The smallest absolute Gasteiger partial charge is 0.243 e. The van der Waals surface area contributed by atoms with Gasteiger partial charge in [0.05, 0.1) is 17.0 Å². The molecular formula is C23H20F2N4O4S2. The number of hydrogen-bond donors (Lipinski definition) is 2. The van der Waals surface area contributed by atoms with Crippen molar-refractivity contribution in [2.45, 2.75) is 18.4 Å². The Labute approximate surface area is 204 Å². The van der Waals surface area contributed by atoms with Crippen molar-refractivity contribution in [1.29, 1.82) is 0 Å². The molecule has 0 aliphatic carbocycles. The Kier molecular flexibility index (Phi) is 6.70.